The zero-order valence-electron chi connectivity index (χ0n) is 15.6. The predicted octanol–water partition coefficient (Wildman–Crippen LogP) is 4.57. The Morgan fingerprint density at radius 3 is 2.31 bits per heavy atom. The number of rotatable bonds is 6. The lowest BCUT2D eigenvalue weighted by molar-refractivity contribution is -0.275. The maximum Gasteiger partial charge on any atom is 0.573 e. The SMILES string of the molecule is CN1CCC(Sc2ccc(NS(=O)(=O)c3ccccc3OC(F)(F)F)cc2)CC1. The molecule has 0 bridgehead atoms. The number of anilines is 1. The molecular formula is C19H21F3N2O3S2. The third-order valence-electron chi connectivity index (χ3n) is 4.44. The number of thioether (sulfide) groups is 1. The van der Waals surface area contributed by atoms with Gasteiger partial charge >= 0.3 is 6.36 Å². The first-order valence-corrected chi connectivity index (χ1v) is 11.3. The molecule has 1 fully saturated rings. The lowest BCUT2D eigenvalue weighted by atomic mass is 10.1. The van der Waals surface area contributed by atoms with Crippen LogP contribution in [0.2, 0.25) is 0 Å². The number of piperidine rings is 1. The molecular weight excluding hydrogens is 425 g/mol. The third-order valence-corrected chi connectivity index (χ3v) is 7.21. The van der Waals surface area contributed by atoms with Gasteiger partial charge in [0.1, 0.15) is 10.6 Å². The van der Waals surface area contributed by atoms with Crippen LogP contribution in [0.4, 0.5) is 18.9 Å². The molecule has 5 nitrogen and oxygen atoms in total. The highest BCUT2D eigenvalue weighted by Crippen LogP contribution is 2.33. The van der Waals surface area contributed by atoms with Gasteiger partial charge in [0, 0.05) is 15.8 Å². The monoisotopic (exact) mass is 446 g/mol. The molecule has 0 amide bonds. The van der Waals surface area contributed by atoms with Gasteiger partial charge in [-0.1, -0.05) is 12.1 Å². The number of nitrogens with zero attached hydrogens (tertiary/aromatic N) is 1. The van der Waals surface area contributed by atoms with Gasteiger partial charge in [-0.05, 0) is 69.4 Å². The molecule has 0 radical (unpaired) electrons. The maximum absolute atomic E-state index is 12.6. The number of nitrogens with one attached hydrogen (secondary N) is 1. The Morgan fingerprint density at radius 1 is 1.07 bits per heavy atom. The highest BCUT2D eigenvalue weighted by Gasteiger charge is 2.34. The van der Waals surface area contributed by atoms with Crippen molar-refractivity contribution in [1.29, 1.82) is 0 Å². The van der Waals surface area contributed by atoms with Crippen molar-refractivity contribution >= 4 is 27.5 Å². The Labute approximate surface area is 172 Å². The zero-order valence-corrected chi connectivity index (χ0v) is 17.3. The highest BCUT2D eigenvalue weighted by atomic mass is 32.2. The lowest BCUT2D eigenvalue weighted by Gasteiger charge is -2.28. The van der Waals surface area contributed by atoms with E-state index in [1.54, 1.807) is 36.0 Å². The van der Waals surface area contributed by atoms with Gasteiger partial charge in [0.2, 0.25) is 0 Å². The van der Waals surface area contributed by atoms with Gasteiger partial charge in [-0.15, -0.1) is 24.9 Å². The first-order valence-electron chi connectivity index (χ1n) is 8.95. The molecule has 1 aliphatic heterocycles. The number of alkyl halides is 3. The normalized spacial score (nSPS) is 16.6. The van der Waals surface area contributed by atoms with Gasteiger partial charge in [0.25, 0.3) is 10.0 Å². The van der Waals surface area contributed by atoms with Crippen LogP contribution in [-0.4, -0.2) is 45.1 Å². The summed E-state index contributed by atoms with van der Waals surface area (Å²) in [5.41, 5.74) is 0.263. The van der Waals surface area contributed by atoms with Gasteiger partial charge in [-0.2, -0.15) is 0 Å². The van der Waals surface area contributed by atoms with Crippen molar-refractivity contribution in [3.05, 3.63) is 48.5 Å². The summed E-state index contributed by atoms with van der Waals surface area (Å²) in [5.74, 6) is -0.776. The van der Waals surface area contributed by atoms with Gasteiger partial charge in [-0.25, -0.2) is 8.42 Å². The number of hydrogen-bond donors (Lipinski definition) is 1. The Bertz CT molecular complexity index is 926. The van der Waals surface area contributed by atoms with Crippen LogP contribution < -0.4 is 9.46 Å². The Balaban J connectivity index is 1.70. The van der Waals surface area contributed by atoms with E-state index in [9.17, 15) is 21.6 Å². The molecule has 2 aromatic rings. The van der Waals surface area contributed by atoms with Crippen LogP contribution in [0.25, 0.3) is 0 Å². The summed E-state index contributed by atoms with van der Waals surface area (Å²) in [6.45, 7) is 2.10. The standard InChI is InChI=1S/C19H21F3N2O3S2/c1-24-12-10-16(11-13-24)28-15-8-6-14(7-9-15)23-29(25,26)18-5-3-2-4-17(18)27-19(20,21)22/h2-9,16,23H,10-13H2,1H3. The van der Waals surface area contributed by atoms with Gasteiger partial charge < -0.3 is 9.64 Å². The largest absolute Gasteiger partial charge is 0.573 e. The van der Waals surface area contributed by atoms with Crippen LogP contribution in [0, 0.1) is 0 Å². The van der Waals surface area contributed by atoms with Crippen LogP contribution in [0.3, 0.4) is 0 Å². The number of hydrogen-bond acceptors (Lipinski definition) is 5. The minimum absolute atomic E-state index is 0.263. The van der Waals surface area contributed by atoms with Gasteiger partial charge in [-0.3, -0.25) is 4.72 Å². The maximum atomic E-state index is 12.6. The highest BCUT2D eigenvalue weighted by molar-refractivity contribution is 8.00. The molecule has 29 heavy (non-hydrogen) atoms. The fraction of sp³-hybridized carbons (Fsp3) is 0.368. The van der Waals surface area contributed by atoms with E-state index in [-0.39, 0.29) is 5.69 Å². The molecule has 1 N–H and O–H groups in total. The Morgan fingerprint density at radius 2 is 1.69 bits per heavy atom. The van der Waals surface area contributed by atoms with Crippen LogP contribution in [0.1, 0.15) is 12.8 Å². The van der Waals surface area contributed by atoms with Gasteiger partial charge in [0.05, 0.1) is 0 Å². The molecule has 158 valence electrons. The molecule has 0 atom stereocenters. The van der Waals surface area contributed by atoms with Crippen molar-refractivity contribution in [2.75, 3.05) is 24.9 Å². The second-order valence-electron chi connectivity index (χ2n) is 6.74. The Hall–Kier alpha value is -1.91. The van der Waals surface area contributed by atoms with Crippen molar-refractivity contribution in [2.24, 2.45) is 0 Å². The molecule has 0 spiro atoms. The summed E-state index contributed by atoms with van der Waals surface area (Å²) < 4.78 is 69.0. The summed E-state index contributed by atoms with van der Waals surface area (Å²) in [6, 6.07) is 11.4. The summed E-state index contributed by atoms with van der Waals surface area (Å²) in [6.07, 6.45) is -2.81. The summed E-state index contributed by atoms with van der Waals surface area (Å²) in [5, 5.41) is 0.514. The van der Waals surface area contributed by atoms with Gasteiger partial charge in [0.15, 0.2) is 0 Å². The van der Waals surface area contributed by atoms with E-state index in [2.05, 4.69) is 21.4 Å². The molecule has 10 heteroatoms. The number of ether oxygens (including phenoxy) is 1. The van der Waals surface area contributed by atoms with E-state index in [1.165, 1.54) is 12.1 Å². The third kappa shape index (κ3) is 6.28. The minimum Gasteiger partial charge on any atom is -0.404 e. The van der Waals surface area contributed by atoms with E-state index >= 15 is 0 Å². The van der Waals surface area contributed by atoms with Crippen molar-refractivity contribution in [1.82, 2.24) is 4.90 Å². The van der Waals surface area contributed by atoms with Crippen molar-refractivity contribution in [3.8, 4) is 5.75 Å². The van der Waals surface area contributed by atoms with Crippen molar-refractivity contribution in [2.45, 2.75) is 34.2 Å². The van der Waals surface area contributed by atoms with Crippen LogP contribution in [0.15, 0.2) is 58.3 Å². The predicted molar refractivity (Wildman–Crippen MR) is 107 cm³/mol. The van der Waals surface area contributed by atoms with E-state index in [0.29, 0.717) is 5.25 Å². The van der Waals surface area contributed by atoms with E-state index in [0.717, 1.165) is 43.0 Å². The van der Waals surface area contributed by atoms with E-state index in [4.69, 9.17) is 0 Å². The number of benzene rings is 2. The van der Waals surface area contributed by atoms with Crippen LogP contribution in [-0.2, 0) is 10.0 Å². The van der Waals surface area contributed by atoms with E-state index < -0.39 is 27.0 Å². The number of halogens is 3. The summed E-state index contributed by atoms with van der Waals surface area (Å²) in [4.78, 5) is 2.72. The summed E-state index contributed by atoms with van der Waals surface area (Å²) >= 11 is 1.75. The minimum atomic E-state index is -4.99. The second kappa shape index (κ2) is 8.85. The lowest BCUT2D eigenvalue weighted by Crippen LogP contribution is -2.31. The second-order valence-corrected chi connectivity index (χ2v) is 9.77. The Kier molecular flexibility index (Phi) is 6.65. The molecule has 0 aromatic heterocycles. The van der Waals surface area contributed by atoms with Crippen molar-refractivity contribution < 1.29 is 26.3 Å². The fourth-order valence-electron chi connectivity index (χ4n) is 2.99. The van der Waals surface area contributed by atoms with Crippen molar-refractivity contribution in [3.63, 3.8) is 0 Å². The molecule has 3 rings (SSSR count). The molecule has 1 aliphatic rings. The fourth-order valence-corrected chi connectivity index (χ4v) is 5.30. The number of likely N-dealkylation sites (tertiary alicyclic amines) is 1. The number of para-hydroxylation sites is 1. The average molecular weight is 447 g/mol. The number of sulfonamides is 1. The molecule has 0 aliphatic carbocycles. The first kappa shape index (κ1) is 21.8. The topological polar surface area (TPSA) is 58.6 Å². The molecule has 1 heterocycles. The summed E-state index contributed by atoms with van der Waals surface area (Å²) in [7, 11) is -2.15. The molecule has 0 unspecified atom stereocenters. The van der Waals surface area contributed by atoms with Crippen LogP contribution in [0.5, 0.6) is 5.75 Å². The molecule has 0 saturated carbocycles. The average Bonchev–Trinajstić information content (AvgIpc) is 2.64. The van der Waals surface area contributed by atoms with Crippen LogP contribution >= 0.6 is 11.8 Å². The molecule has 1 saturated heterocycles. The zero-order chi connectivity index (χ0) is 21.1. The first-order chi connectivity index (χ1) is 13.6. The van der Waals surface area contributed by atoms with E-state index in [1.807, 2.05) is 0 Å². The quantitative estimate of drug-likeness (QED) is 0.704. The smallest absolute Gasteiger partial charge is 0.404 e. The molecule has 2 aromatic carbocycles.